The largest absolute Gasteiger partial charge is 0.496 e. The van der Waals surface area contributed by atoms with Crippen LogP contribution in [-0.4, -0.2) is 31.2 Å². The Bertz CT molecular complexity index is 1010. The molecule has 1 aliphatic carbocycles. The molecule has 152 valence electrons. The van der Waals surface area contributed by atoms with Gasteiger partial charge in [-0.2, -0.15) is 0 Å². The van der Waals surface area contributed by atoms with Gasteiger partial charge in [-0.15, -0.1) is 11.3 Å². The first-order valence-corrected chi connectivity index (χ1v) is 10.9. The molecule has 3 aromatic rings. The van der Waals surface area contributed by atoms with Crippen molar-refractivity contribution in [2.45, 2.75) is 31.7 Å². The number of benzene rings is 2. The van der Waals surface area contributed by atoms with Crippen LogP contribution in [0.3, 0.4) is 0 Å². The lowest BCUT2D eigenvalue weighted by atomic mass is 9.99. The number of aromatic nitrogens is 1. The first-order valence-electron chi connectivity index (χ1n) is 9.66. The summed E-state index contributed by atoms with van der Waals surface area (Å²) in [6.07, 6.45) is 3.98. The molecule has 0 spiro atoms. The van der Waals surface area contributed by atoms with Gasteiger partial charge in [-0.1, -0.05) is 24.1 Å². The average molecular weight is 431 g/mol. The molecule has 0 bridgehead atoms. The van der Waals surface area contributed by atoms with Crippen LogP contribution in [0.15, 0.2) is 36.4 Å². The SMILES string of the molecule is COc1cccc(OC)c1C(=O)NC1CCCC1Cc1nc2ccc(Cl)cc2s1. The number of hydrogen-bond donors (Lipinski definition) is 1. The molecule has 2 unspecified atom stereocenters. The van der Waals surface area contributed by atoms with E-state index in [1.54, 1.807) is 37.7 Å². The number of carbonyl (C=O) groups is 1. The van der Waals surface area contributed by atoms with Crippen LogP contribution in [0.2, 0.25) is 5.02 Å². The van der Waals surface area contributed by atoms with E-state index in [4.69, 9.17) is 26.1 Å². The van der Waals surface area contributed by atoms with Crippen LogP contribution in [0.25, 0.3) is 10.2 Å². The highest BCUT2D eigenvalue weighted by atomic mass is 35.5. The predicted octanol–water partition coefficient (Wildman–Crippen LogP) is 5.11. The van der Waals surface area contributed by atoms with Crippen molar-refractivity contribution in [1.29, 1.82) is 0 Å². The van der Waals surface area contributed by atoms with Crippen LogP contribution in [-0.2, 0) is 6.42 Å². The molecule has 5 nitrogen and oxygen atoms in total. The Hall–Kier alpha value is -2.31. The lowest BCUT2D eigenvalue weighted by molar-refractivity contribution is 0.0921. The number of thiazole rings is 1. The molecule has 2 atom stereocenters. The molecule has 7 heteroatoms. The van der Waals surface area contributed by atoms with Gasteiger partial charge < -0.3 is 14.8 Å². The number of carbonyl (C=O) groups excluding carboxylic acids is 1. The summed E-state index contributed by atoms with van der Waals surface area (Å²) in [4.78, 5) is 17.8. The third-order valence-corrected chi connectivity index (χ3v) is 6.74. The monoisotopic (exact) mass is 430 g/mol. The molecule has 0 saturated heterocycles. The summed E-state index contributed by atoms with van der Waals surface area (Å²) in [6, 6.07) is 11.2. The van der Waals surface area contributed by atoms with E-state index in [1.807, 2.05) is 24.3 Å². The number of fused-ring (bicyclic) bond motifs is 1. The maximum absolute atomic E-state index is 13.0. The number of rotatable bonds is 6. The van der Waals surface area contributed by atoms with Crippen molar-refractivity contribution >= 4 is 39.1 Å². The molecule has 29 heavy (non-hydrogen) atoms. The fourth-order valence-electron chi connectivity index (χ4n) is 4.04. The van der Waals surface area contributed by atoms with E-state index in [-0.39, 0.29) is 11.9 Å². The number of amides is 1. The van der Waals surface area contributed by atoms with Crippen LogP contribution >= 0.6 is 22.9 Å². The number of nitrogens with one attached hydrogen (secondary N) is 1. The van der Waals surface area contributed by atoms with E-state index in [0.29, 0.717) is 23.0 Å². The Balaban J connectivity index is 1.51. The molecule has 1 aliphatic rings. The molecule has 1 fully saturated rings. The smallest absolute Gasteiger partial charge is 0.259 e. The summed E-state index contributed by atoms with van der Waals surface area (Å²) >= 11 is 7.78. The highest BCUT2D eigenvalue weighted by Crippen LogP contribution is 2.34. The molecule has 2 aromatic carbocycles. The average Bonchev–Trinajstić information content (AvgIpc) is 3.33. The quantitative estimate of drug-likeness (QED) is 0.590. The standard InChI is InChI=1S/C22H23ClN2O3S/c1-27-17-7-4-8-18(28-2)21(17)22(26)25-15-6-3-5-13(15)11-20-24-16-10-9-14(23)12-19(16)29-20/h4,7-10,12-13,15H,3,5-6,11H2,1-2H3,(H,25,26). The third kappa shape index (κ3) is 4.19. The van der Waals surface area contributed by atoms with Crippen molar-refractivity contribution in [3.8, 4) is 11.5 Å². The fraction of sp³-hybridized carbons (Fsp3) is 0.364. The summed E-state index contributed by atoms with van der Waals surface area (Å²) in [5, 5.41) is 5.03. The normalized spacial score (nSPS) is 18.7. The highest BCUT2D eigenvalue weighted by Gasteiger charge is 2.31. The molecule has 1 saturated carbocycles. The van der Waals surface area contributed by atoms with E-state index in [9.17, 15) is 4.79 Å². The van der Waals surface area contributed by atoms with E-state index < -0.39 is 0 Å². The van der Waals surface area contributed by atoms with Crippen molar-refractivity contribution in [2.75, 3.05) is 14.2 Å². The van der Waals surface area contributed by atoms with Gasteiger partial charge in [0, 0.05) is 17.5 Å². The molecule has 1 heterocycles. The van der Waals surface area contributed by atoms with Gasteiger partial charge in [0.15, 0.2) is 0 Å². The van der Waals surface area contributed by atoms with E-state index in [0.717, 1.165) is 45.9 Å². The summed E-state index contributed by atoms with van der Waals surface area (Å²) < 4.78 is 11.9. The number of methoxy groups -OCH3 is 2. The molecule has 1 amide bonds. The Morgan fingerprint density at radius 2 is 1.97 bits per heavy atom. The molecule has 1 N–H and O–H groups in total. The van der Waals surface area contributed by atoms with Gasteiger partial charge in [0.05, 0.1) is 29.4 Å². The first-order chi connectivity index (χ1) is 14.1. The molecular weight excluding hydrogens is 408 g/mol. The predicted molar refractivity (Wildman–Crippen MR) is 116 cm³/mol. The summed E-state index contributed by atoms with van der Waals surface area (Å²) in [7, 11) is 3.12. The zero-order chi connectivity index (χ0) is 20.4. The highest BCUT2D eigenvalue weighted by molar-refractivity contribution is 7.18. The Labute approximate surface area is 179 Å². The van der Waals surface area contributed by atoms with Crippen LogP contribution in [0.1, 0.15) is 34.6 Å². The molecule has 4 rings (SSSR count). The maximum atomic E-state index is 13.0. The van der Waals surface area contributed by atoms with Crippen molar-refractivity contribution in [3.63, 3.8) is 0 Å². The Morgan fingerprint density at radius 3 is 2.69 bits per heavy atom. The van der Waals surface area contributed by atoms with Crippen molar-refractivity contribution in [1.82, 2.24) is 10.3 Å². The summed E-state index contributed by atoms with van der Waals surface area (Å²) in [5.74, 6) is 1.22. The molecule has 0 radical (unpaired) electrons. The lowest BCUT2D eigenvalue weighted by Crippen LogP contribution is -2.38. The second-order valence-corrected chi connectivity index (χ2v) is 8.78. The zero-order valence-corrected chi connectivity index (χ0v) is 18.0. The van der Waals surface area contributed by atoms with Crippen molar-refractivity contribution < 1.29 is 14.3 Å². The number of hydrogen-bond acceptors (Lipinski definition) is 5. The fourth-order valence-corrected chi connectivity index (χ4v) is 5.38. The topological polar surface area (TPSA) is 60.5 Å². The Morgan fingerprint density at radius 1 is 1.21 bits per heavy atom. The van der Waals surface area contributed by atoms with Crippen LogP contribution in [0.4, 0.5) is 0 Å². The van der Waals surface area contributed by atoms with Gasteiger partial charge in [0.1, 0.15) is 17.1 Å². The maximum Gasteiger partial charge on any atom is 0.259 e. The van der Waals surface area contributed by atoms with E-state index in [1.165, 1.54) is 0 Å². The van der Waals surface area contributed by atoms with Gasteiger partial charge in [0.2, 0.25) is 0 Å². The summed E-state index contributed by atoms with van der Waals surface area (Å²) in [5.41, 5.74) is 1.42. The summed E-state index contributed by atoms with van der Waals surface area (Å²) in [6.45, 7) is 0. The molecule has 0 aliphatic heterocycles. The van der Waals surface area contributed by atoms with Crippen LogP contribution < -0.4 is 14.8 Å². The molecule has 1 aromatic heterocycles. The lowest BCUT2D eigenvalue weighted by Gasteiger charge is -2.21. The van der Waals surface area contributed by atoms with Gasteiger partial charge in [-0.25, -0.2) is 4.98 Å². The van der Waals surface area contributed by atoms with E-state index in [2.05, 4.69) is 5.32 Å². The van der Waals surface area contributed by atoms with E-state index >= 15 is 0 Å². The number of nitrogens with zero attached hydrogens (tertiary/aromatic N) is 1. The van der Waals surface area contributed by atoms with Gasteiger partial charge >= 0.3 is 0 Å². The number of halogens is 1. The van der Waals surface area contributed by atoms with Gasteiger partial charge in [-0.3, -0.25) is 4.79 Å². The third-order valence-electron chi connectivity index (χ3n) is 5.46. The first kappa shape index (κ1) is 20.0. The molecular formula is C22H23ClN2O3S. The second kappa shape index (κ2) is 8.59. The van der Waals surface area contributed by atoms with Gasteiger partial charge in [-0.05, 0) is 49.1 Å². The zero-order valence-electron chi connectivity index (χ0n) is 16.4. The van der Waals surface area contributed by atoms with Gasteiger partial charge in [0.25, 0.3) is 5.91 Å². The van der Waals surface area contributed by atoms with Crippen LogP contribution in [0.5, 0.6) is 11.5 Å². The minimum absolute atomic E-state index is 0.104. The minimum atomic E-state index is -0.160. The number of ether oxygens (including phenoxy) is 2. The van der Waals surface area contributed by atoms with Crippen molar-refractivity contribution in [2.24, 2.45) is 5.92 Å². The Kier molecular flexibility index (Phi) is 5.92. The second-order valence-electron chi connectivity index (χ2n) is 7.23. The van der Waals surface area contributed by atoms with Crippen LogP contribution in [0, 0.1) is 5.92 Å². The van der Waals surface area contributed by atoms with Crippen molar-refractivity contribution in [3.05, 3.63) is 52.0 Å². The minimum Gasteiger partial charge on any atom is -0.496 e.